The van der Waals surface area contributed by atoms with Gasteiger partial charge in [-0.05, 0) is 49.4 Å². The molecule has 22 heavy (non-hydrogen) atoms. The first-order valence-electron chi connectivity index (χ1n) is 8.14. The average Bonchev–Trinajstić information content (AvgIpc) is 2.50. The number of rotatable bonds is 9. The summed E-state index contributed by atoms with van der Waals surface area (Å²) in [6, 6.07) is 3.89. The fourth-order valence-electron chi connectivity index (χ4n) is 2.39. The molecule has 0 saturated carbocycles. The highest BCUT2D eigenvalue weighted by Gasteiger charge is 2.09. The van der Waals surface area contributed by atoms with Crippen molar-refractivity contribution in [2.24, 2.45) is 5.92 Å². The third-order valence-corrected chi connectivity index (χ3v) is 5.16. The van der Waals surface area contributed by atoms with Crippen molar-refractivity contribution in [3.8, 4) is 5.75 Å². The van der Waals surface area contributed by atoms with Crippen molar-refractivity contribution < 1.29 is 9.53 Å². The quantitative estimate of drug-likeness (QED) is 0.680. The van der Waals surface area contributed by atoms with E-state index in [0.29, 0.717) is 5.92 Å². The zero-order chi connectivity index (χ0) is 16.5. The second-order valence-corrected chi connectivity index (χ2v) is 6.67. The molecule has 0 fully saturated rings. The number of hydrogen-bond donors (Lipinski definition) is 1. The maximum Gasteiger partial charge on any atom is 0.257 e. The molecule has 4 heteroatoms. The van der Waals surface area contributed by atoms with Gasteiger partial charge in [0.2, 0.25) is 0 Å². The lowest BCUT2D eigenvalue weighted by Crippen LogP contribution is -2.33. The third-order valence-electron chi connectivity index (χ3n) is 3.91. The van der Waals surface area contributed by atoms with E-state index in [4.69, 9.17) is 4.74 Å². The van der Waals surface area contributed by atoms with Gasteiger partial charge >= 0.3 is 0 Å². The number of halogens is 1. The Morgan fingerprint density at radius 3 is 2.45 bits per heavy atom. The van der Waals surface area contributed by atoms with Crippen molar-refractivity contribution in [1.29, 1.82) is 0 Å². The smallest absolute Gasteiger partial charge is 0.257 e. The van der Waals surface area contributed by atoms with Gasteiger partial charge in [-0.3, -0.25) is 4.79 Å². The summed E-state index contributed by atoms with van der Waals surface area (Å²) in [5.74, 6) is 1.26. The molecule has 0 aliphatic rings. The molecule has 1 aromatic carbocycles. The number of benzene rings is 1. The zero-order valence-corrected chi connectivity index (χ0v) is 15.8. The van der Waals surface area contributed by atoms with E-state index < -0.39 is 0 Å². The number of carbonyl (C=O) groups is 1. The first kappa shape index (κ1) is 19.0. The molecule has 1 aromatic rings. The minimum absolute atomic E-state index is 0.0480. The molecule has 124 valence electrons. The van der Waals surface area contributed by atoms with Crippen LogP contribution >= 0.6 is 15.9 Å². The Balaban J connectivity index is 2.40. The number of hydrogen-bond acceptors (Lipinski definition) is 2. The van der Waals surface area contributed by atoms with Crippen LogP contribution in [0.25, 0.3) is 0 Å². The Bertz CT molecular complexity index is 465. The zero-order valence-electron chi connectivity index (χ0n) is 14.2. The molecule has 1 N–H and O–H groups in total. The van der Waals surface area contributed by atoms with Crippen molar-refractivity contribution in [2.45, 2.75) is 53.4 Å². The molecular weight excluding hydrogens is 342 g/mol. The van der Waals surface area contributed by atoms with Gasteiger partial charge in [0, 0.05) is 11.0 Å². The minimum atomic E-state index is -0.0480. The summed E-state index contributed by atoms with van der Waals surface area (Å²) in [5, 5.41) is 2.98. The van der Waals surface area contributed by atoms with Crippen molar-refractivity contribution in [1.82, 2.24) is 5.32 Å². The van der Waals surface area contributed by atoms with Crippen LogP contribution < -0.4 is 10.1 Å². The molecule has 0 radical (unpaired) electrons. The van der Waals surface area contributed by atoms with E-state index in [1.54, 1.807) is 0 Å². The SMILES string of the molecule is CCCC[C@H](CC)CNC(=O)COc1cc(C)c(Br)c(C)c1. The van der Waals surface area contributed by atoms with Gasteiger partial charge in [-0.25, -0.2) is 0 Å². The molecule has 0 aromatic heterocycles. The third kappa shape index (κ3) is 6.39. The van der Waals surface area contributed by atoms with E-state index in [2.05, 4.69) is 35.1 Å². The fraction of sp³-hybridized carbons (Fsp3) is 0.611. The maximum absolute atomic E-state index is 11.9. The van der Waals surface area contributed by atoms with Crippen LogP contribution in [-0.2, 0) is 4.79 Å². The lowest BCUT2D eigenvalue weighted by Gasteiger charge is -2.15. The summed E-state index contributed by atoms with van der Waals surface area (Å²) in [6.07, 6.45) is 4.71. The van der Waals surface area contributed by atoms with Gasteiger partial charge in [0.25, 0.3) is 5.91 Å². The van der Waals surface area contributed by atoms with Crippen LogP contribution in [0.5, 0.6) is 5.75 Å². The molecule has 1 amide bonds. The Hall–Kier alpha value is -1.03. The Morgan fingerprint density at radius 1 is 1.27 bits per heavy atom. The lowest BCUT2D eigenvalue weighted by molar-refractivity contribution is -0.123. The number of ether oxygens (including phenoxy) is 1. The molecule has 0 unspecified atom stereocenters. The molecule has 0 aliphatic heterocycles. The summed E-state index contributed by atoms with van der Waals surface area (Å²) < 4.78 is 6.69. The van der Waals surface area contributed by atoms with Crippen molar-refractivity contribution in [3.05, 3.63) is 27.7 Å². The first-order chi connectivity index (χ1) is 10.5. The van der Waals surface area contributed by atoms with Crippen LogP contribution in [0.4, 0.5) is 0 Å². The topological polar surface area (TPSA) is 38.3 Å². The second kappa shape index (κ2) is 9.88. The van der Waals surface area contributed by atoms with E-state index in [-0.39, 0.29) is 12.5 Å². The molecular formula is C18H28BrNO2. The van der Waals surface area contributed by atoms with E-state index in [0.717, 1.165) is 34.3 Å². The van der Waals surface area contributed by atoms with Crippen molar-refractivity contribution in [3.63, 3.8) is 0 Å². The standard InChI is InChI=1S/C18H28BrNO2/c1-5-7-8-15(6-2)11-20-17(21)12-22-16-9-13(3)18(19)14(4)10-16/h9-10,15H,5-8,11-12H2,1-4H3,(H,20,21)/t15-/m0/s1. The van der Waals surface area contributed by atoms with Gasteiger partial charge in [-0.2, -0.15) is 0 Å². The molecule has 0 saturated heterocycles. The molecule has 1 atom stereocenters. The van der Waals surface area contributed by atoms with E-state index in [1.165, 1.54) is 19.3 Å². The van der Waals surface area contributed by atoms with Crippen molar-refractivity contribution in [2.75, 3.05) is 13.2 Å². The van der Waals surface area contributed by atoms with E-state index in [9.17, 15) is 4.79 Å². The molecule has 0 spiro atoms. The fourth-order valence-corrected chi connectivity index (χ4v) is 2.62. The molecule has 1 rings (SSSR count). The Morgan fingerprint density at radius 2 is 1.91 bits per heavy atom. The number of nitrogens with one attached hydrogen (secondary N) is 1. The van der Waals surface area contributed by atoms with Gasteiger partial charge in [0.1, 0.15) is 5.75 Å². The first-order valence-corrected chi connectivity index (χ1v) is 8.93. The lowest BCUT2D eigenvalue weighted by atomic mass is 9.99. The van der Waals surface area contributed by atoms with Crippen LogP contribution in [-0.4, -0.2) is 19.1 Å². The number of amides is 1. The van der Waals surface area contributed by atoms with Crippen LogP contribution in [0.3, 0.4) is 0 Å². The van der Waals surface area contributed by atoms with Gasteiger partial charge in [0.15, 0.2) is 6.61 Å². The molecule has 0 heterocycles. The summed E-state index contributed by atoms with van der Waals surface area (Å²) in [6.45, 7) is 9.23. The summed E-state index contributed by atoms with van der Waals surface area (Å²) >= 11 is 3.53. The summed E-state index contributed by atoms with van der Waals surface area (Å²) in [7, 11) is 0. The van der Waals surface area contributed by atoms with E-state index in [1.807, 2.05) is 26.0 Å². The highest BCUT2D eigenvalue weighted by atomic mass is 79.9. The van der Waals surface area contributed by atoms with Gasteiger partial charge in [0.05, 0.1) is 0 Å². The molecule has 3 nitrogen and oxygen atoms in total. The summed E-state index contributed by atoms with van der Waals surface area (Å²) in [4.78, 5) is 11.9. The predicted octanol–water partition coefficient (Wildman–Crippen LogP) is 4.78. The van der Waals surface area contributed by atoms with Crippen LogP contribution in [0, 0.1) is 19.8 Å². The van der Waals surface area contributed by atoms with Crippen molar-refractivity contribution >= 4 is 21.8 Å². The number of carbonyl (C=O) groups excluding carboxylic acids is 1. The Kier molecular flexibility index (Phi) is 8.54. The summed E-state index contributed by atoms with van der Waals surface area (Å²) in [5.41, 5.74) is 2.22. The van der Waals surface area contributed by atoms with Crippen LogP contribution in [0.2, 0.25) is 0 Å². The second-order valence-electron chi connectivity index (χ2n) is 5.88. The predicted molar refractivity (Wildman–Crippen MR) is 95.4 cm³/mol. The van der Waals surface area contributed by atoms with Crippen LogP contribution in [0.1, 0.15) is 50.7 Å². The van der Waals surface area contributed by atoms with Gasteiger partial charge < -0.3 is 10.1 Å². The highest BCUT2D eigenvalue weighted by Crippen LogP contribution is 2.26. The number of aryl methyl sites for hydroxylation is 2. The molecule has 0 aliphatic carbocycles. The largest absolute Gasteiger partial charge is 0.484 e. The van der Waals surface area contributed by atoms with Gasteiger partial charge in [-0.15, -0.1) is 0 Å². The number of unbranched alkanes of at least 4 members (excludes halogenated alkanes) is 1. The monoisotopic (exact) mass is 369 g/mol. The van der Waals surface area contributed by atoms with Gasteiger partial charge in [-0.1, -0.05) is 49.0 Å². The van der Waals surface area contributed by atoms with Crippen LogP contribution in [0.15, 0.2) is 16.6 Å². The normalized spacial score (nSPS) is 12.0. The highest BCUT2D eigenvalue weighted by molar-refractivity contribution is 9.10. The van der Waals surface area contributed by atoms with E-state index >= 15 is 0 Å². The maximum atomic E-state index is 11.9. The minimum Gasteiger partial charge on any atom is -0.484 e. The Labute approximate surface area is 143 Å². The molecule has 0 bridgehead atoms. The average molecular weight is 370 g/mol.